The summed E-state index contributed by atoms with van der Waals surface area (Å²) in [6.45, 7) is 0. The second kappa shape index (κ2) is 6.47. The van der Waals surface area contributed by atoms with Crippen LogP contribution < -0.4 is 0 Å². The monoisotopic (exact) mass is 257 g/mol. The zero-order valence-electron chi connectivity index (χ0n) is 9.58. The van der Waals surface area contributed by atoms with Crippen molar-refractivity contribution in [2.75, 3.05) is 12.9 Å². The first-order chi connectivity index (χ1) is 8.06. The van der Waals surface area contributed by atoms with Gasteiger partial charge in [-0.05, 0) is 12.0 Å². The highest BCUT2D eigenvalue weighted by Crippen LogP contribution is 2.12. The van der Waals surface area contributed by atoms with E-state index in [1.165, 1.54) is 7.05 Å². The minimum Gasteiger partial charge on any atom is -0.465 e. The molecule has 0 saturated carbocycles. The molecule has 4 nitrogen and oxygen atoms in total. The summed E-state index contributed by atoms with van der Waals surface area (Å²) in [4.78, 5) is 12.0. The summed E-state index contributed by atoms with van der Waals surface area (Å²) in [7, 11) is 1.44. The van der Waals surface area contributed by atoms with Crippen LogP contribution in [0, 0.1) is 0 Å². The maximum Gasteiger partial charge on any atom is 0.407 e. The van der Waals surface area contributed by atoms with Crippen molar-refractivity contribution in [1.82, 2.24) is 4.90 Å². The van der Waals surface area contributed by atoms with Gasteiger partial charge in [-0.2, -0.15) is 0 Å². The SMILES string of the molecule is CN(C(=O)O)[C@@H](Cc1ccccc1)[C@@H](O)CCl. The number of benzene rings is 1. The van der Waals surface area contributed by atoms with E-state index >= 15 is 0 Å². The fourth-order valence-corrected chi connectivity index (χ4v) is 1.84. The third-order valence-electron chi connectivity index (χ3n) is 2.69. The van der Waals surface area contributed by atoms with Gasteiger partial charge in [-0.15, -0.1) is 11.6 Å². The molecular weight excluding hydrogens is 242 g/mol. The summed E-state index contributed by atoms with van der Waals surface area (Å²) < 4.78 is 0. The highest BCUT2D eigenvalue weighted by molar-refractivity contribution is 6.18. The number of nitrogens with zero attached hydrogens (tertiary/aromatic N) is 1. The molecule has 1 aromatic carbocycles. The van der Waals surface area contributed by atoms with Gasteiger partial charge in [0.15, 0.2) is 0 Å². The van der Waals surface area contributed by atoms with Crippen LogP contribution in [0.3, 0.4) is 0 Å². The largest absolute Gasteiger partial charge is 0.465 e. The Morgan fingerprint density at radius 3 is 2.47 bits per heavy atom. The fourth-order valence-electron chi connectivity index (χ4n) is 1.63. The van der Waals surface area contributed by atoms with Crippen molar-refractivity contribution in [3.05, 3.63) is 35.9 Å². The van der Waals surface area contributed by atoms with Gasteiger partial charge in [0.05, 0.1) is 18.0 Å². The van der Waals surface area contributed by atoms with Gasteiger partial charge in [-0.1, -0.05) is 30.3 Å². The van der Waals surface area contributed by atoms with Gasteiger partial charge in [0.1, 0.15) is 0 Å². The van der Waals surface area contributed by atoms with Gasteiger partial charge < -0.3 is 15.1 Å². The number of likely N-dealkylation sites (N-methyl/N-ethyl adjacent to an activating group) is 1. The fraction of sp³-hybridized carbons (Fsp3) is 0.417. The lowest BCUT2D eigenvalue weighted by molar-refractivity contribution is 0.0720. The molecular formula is C12H16ClNO3. The Kier molecular flexibility index (Phi) is 5.25. The number of carboxylic acid groups (broad SMARTS) is 1. The lowest BCUT2D eigenvalue weighted by Crippen LogP contribution is -2.46. The normalized spacial score (nSPS) is 14.1. The molecule has 2 N–H and O–H groups in total. The highest BCUT2D eigenvalue weighted by atomic mass is 35.5. The number of aliphatic hydroxyl groups excluding tert-OH is 1. The summed E-state index contributed by atoms with van der Waals surface area (Å²) in [5.74, 6) is 0.00905. The summed E-state index contributed by atoms with van der Waals surface area (Å²) in [6.07, 6.45) is -1.51. The molecule has 0 aliphatic carbocycles. The number of hydrogen-bond acceptors (Lipinski definition) is 2. The number of alkyl halides is 1. The van der Waals surface area contributed by atoms with E-state index in [0.29, 0.717) is 6.42 Å². The van der Waals surface area contributed by atoms with Crippen molar-refractivity contribution >= 4 is 17.7 Å². The molecule has 0 heterocycles. The van der Waals surface area contributed by atoms with E-state index in [1.807, 2.05) is 30.3 Å². The van der Waals surface area contributed by atoms with Crippen LogP contribution in [0.4, 0.5) is 4.79 Å². The Hall–Kier alpha value is -1.26. The maximum atomic E-state index is 10.9. The molecule has 0 saturated heterocycles. The quantitative estimate of drug-likeness (QED) is 0.791. The molecule has 0 aliphatic heterocycles. The van der Waals surface area contributed by atoms with E-state index in [-0.39, 0.29) is 5.88 Å². The Bertz CT molecular complexity index is 358. The predicted octanol–water partition coefficient (Wildman–Crippen LogP) is 1.81. The van der Waals surface area contributed by atoms with E-state index in [0.717, 1.165) is 10.5 Å². The summed E-state index contributed by atoms with van der Waals surface area (Å²) >= 11 is 5.59. The smallest absolute Gasteiger partial charge is 0.407 e. The van der Waals surface area contributed by atoms with E-state index in [9.17, 15) is 9.90 Å². The average molecular weight is 258 g/mol. The standard InChI is InChI=1S/C12H16ClNO3/c1-14(12(16)17)10(11(15)8-13)7-9-5-3-2-4-6-9/h2-6,10-11,15H,7-8H2,1H3,(H,16,17)/t10-,11-/m0/s1. The Labute approximate surface area is 105 Å². The number of amides is 1. The van der Waals surface area contributed by atoms with Gasteiger partial charge in [0.25, 0.3) is 0 Å². The average Bonchev–Trinajstić information content (AvgIpc) is 2.35. The predicted molar refractivity (Wildman–Crippen MR) is 66.4 cm³/mol. The van der Waals surface area contributed by atoms with Gasteiger partial charge in [-0.25, -0.2) is 4.79 Å². The molecule has 0 aliphatic rings. The molecule has 94 valence electrons. The molecule has 1 aromatic rings. The van der Waals surface area contributed by atoms with Crippen LogP contribution in [0.1, 0.15) is 5.56 Å². The van der Waals surface area contributed by atoms with E-state index in [1.54, 1.807) is 0 Å². The van der Waals surface area contributed by atoms with E-state index in [4.69, 9.17) is 16.7 Å². The molecule has 1 rings (SSSR count). The molecule has 0 aromatic heterocycles. The zero-order chi connectivity index (χ0) is 12.8. The first kappa shape index (κ1) is 13.8. The molecule has 1 amide bonds. The number of hydrogen-bond donors (Lipinski definition) is 2. The summed E-state index contributed by atoms with van der Waals surface area (Å²) in [5.41, 5.74) is 0.967. The van der Waals surface area contributed by atoms with Crippen LogP contribution in [0.2, 0.25) is 0 Å². The minimum absolute atomic E-state index is 0.00905. The van der Waals surface area contributed by atoms with Gasteiger partial charge >= 0.3 is 6.09 Å². The third-order valence-corrected chi connectivity index (χ3v) is 3.01. The molecule has 0 bridgehead atoms. The van der Waals surface area contributed by atoms with Crippen molar-refractivity contribution < 1.29 is 15.0 Å². The molecule has 17 heavy (non-hydrogen) atoms. The second-order valence-electron chi connectivity index (χ2n) is 3.87. The number of rotatable bonds is 5. The third kappa shape index (κ3) is 3.91. The number of aliphatic hydroxyl groups is 1. The lowest BCUT2D eigenvalue weighted by atomic mass is 10.0. The second-order valence-corrected chi connectivity index (χ2v) is 4.18. The van der Waals surface area contributed by atoms with Crippen molar-refractivity contribution in [3.63, 3.8) is 0 Å². The first-order valence-corrected chi connectivity index (χ1v) is 5.83. The van der Waals surface area contributed by atoms with Crippen LogP contribution in [0.25, 0.3) is 0 Å². The van der Waals surface area contributed by atoms with Gasteiger partial charge in [-0.3, -0.25) is 0 Å². The van der Waals surface area contributed by atoms with Crippen LogP contribution in [-0.4, -0.2) is 46.3 Å². The van der Waals surface area contributed by atoms with Crippen LogP contribution >= 0.6 is 11.6 Å². The van der Waals surface area contributed by atoms with E-state index < -0.39 is 18.2 Å². The van der Waals surface area contributed by atoms with Crippen LogP contribution in [0.15, 0.2) is 30.3 Å². The van der Waals surface area contributed by atoms with Crippen LogP contribution in [-0.2, 0) is 6.42 Å². The molecule has 0 radical (unpaired) electrons. The number of carbonyl (C=O) groups is 1. The molecule has 0 spiro atoms. The number of halogens is 1. The summed E-state index contributed by atoms with van der Waals surface area (Å²) in [6, 6.07) is 8.89. The van der Waals surface area contributed by atoms with Crippen molar-refractivity contribution in [3.8, 4) is 0 Å². The highest BCUT2D eigenvalue weighted by Gasteiger charge is 2.26. The Morgan fingerprint density at radius 1 is 1.41 bits per heavy atom. The van der Waals surface area contributed by atoms with Crippen molar-refractivity contribution in [1.29, 1.82) is 0 Å². The first-order valence-electron chi connectivity index (χ1n) is 5.30. The zero-order valence-corrected chi connectivity index (χ0v) is 10.3. The Balaban J connectivity index is 2.81. The molecule has 2 atom stereocenters. The van der Waals surface area contributed by atoms with Crippen molar-refractivity contribution in [2.24, 2.45) is 0 Å². The van der Waals surface area contributed by atoms with Crippen molar-refractivity contribution in [2.45, 2.75) is 18.6 Å². The minimum atomic E-state index is -1.07. The van der Waals surface area contributed by atoms with Gasteiger partial charge in [0, 0.05) is 7.05 Å². The van der Waals surface area contributed by atoms with Gasteiger partial charge in [0.2, 0.25) is 0 Å². The van der Waals surface area contributed by atoms with E-state index in [2.05, 4.69) is 0 Å². The lowest BCUT2D eigenvalue weighted by Gasteiger charge is -2.29. The molecule has 5 heteroatoms. The topological polar surface area (TPSA) is 60.8 Å². The molecule has 0 fully saturated rings. The summed E-state index contributed by atoms with van der Waals surface area (Å²) in [5, 5.41) is 18.7. The maximum absolute atomic E-state index is 10.9. The molecule has 0 unspecified atom stereocenters. The Morgan fingerprint density at radius 2 is 2.00 bits per heavy atom. The van der Waals surface area contributed by atoms with Crippen LogP contribution in [0.5, 0.6) is 0 Å².